The van der Waals surface area contributed by atoms with Crippen LogP contribution in [0.15, 0.2) is 18.2 Å². The SMILES string of the molecule is C[C@@H]1CCCC[C@H]1NC(=O)[C@@H](C)OC(=O)c1ccc2c(c1)OCO2. The average Bonchev–Trinajstić information content (AvgIpc) is 3.04. The molecular weight excluding hydrogens is 310 g/mol. The van der Waals surface area contributed by atoms with Gasteiger partial charge in [0.2, 0.25) is 6.79 Å². The fourth-order valence-electron chi connectivity index (χ4n) is 3.14. The van der Waals surface area contributed by atoms with Gasteiger partial charge < -0.3 is 19.5 Å². The smallest absolute Gasteiger partial charge is 0.339 e. The molecule has 3 rings (SSSR count). The van der Waals surface area contributed by atoms with Gasteiger partial charge in [-0.05, 0) is 43.9 Å². The molecule has 0 saturated heterocycles. The first-order valence-corrected chi connectivity index (χ1v) is 8.45. The van der Waals surface area contributed by atoms with Crippen molar-refractivity contribution in [1.29, 1.82) is 0 Å². The molecule has 1 N–H and O–H groups in total. The maximum atomic E-state index is 12.3. The van der Waals surface area contributed by atoms with E-state index in [4.69, 9.17) is 14.2 Å². The Kier molecular flexibility index (Phi) is 4.92. The summed E-state index contributed by atoms with van der Waals surface area (Å²) in [4.78, 5) is 24.5. The lowest BCUT2D eigenvalue weighted by molar-refractivity contribution is -0.130. The van der Waals surface area contributed by atoms with E-state index in [9.17, 15) is 9.59 Å². The highest BCUT2D eigenvalue weighted by Crippen LogP contribution is 2.32. The predicted molar refractivity (Wildman–Crippen MR) is 87.0 cm³/mol. The second-order valence-corrected chi connectivity index (χ2v) is 6.49. The van der Waals surface area contributed by atoms with Gasteiger partial charge in [-0.2, -0.15) is 0 Å². The van der Waals surface area contributed by atoms with Crippen molar-refractivity contribution < 1.29 is 23.8 Å². The van der Waals surface area contributed by atoms with Crippen LogP contribution in [0.4, 0.5) is 0 Å². The Morgan fingerprint density at radius 2 is 1.96 bits per heavy atom. The maximum absolute atomic E-state index is 12.3. The van der Waals surface area contributed by atoms with Crippen molar-refractivity contribution >= 4 is 11.9 Å². The molecule has 1 heterocycles. The zero-order valence-electron chi connectivity index (χ0n) is 14.0. The van der Waals surface area contributed by atoms with Crippen molar-refractivity contribution in [1.82, 2.24) is 5.32 Å². The van der Waals surface area contributed by atoms with Gasteiger partial charge in [-0.1, -0.05) is 19.8 Å². The fraction of sp³-hybridized carbons (Fsp3) is 0.556. The van der Waals surface area contributed by atoms with Crippen molar-refractivity contribution in [3.8, 4) is 11.5 Å². The van der Waals surface area contributed by atoms with Crippen LogP contribution in [-0.4, -0.2) is 30.8 Å². The van der Waals surface area contributed by atoms with Gasteiger partial charge in [0, 0.05) is 6.04 Å². The minimum atomic E-state index is -0.836. The minimum Gasteiger partial charge on any atom is -0.454 e. The normalized spacial score (nSPS) is 23.4. The molecule has 6 heteroatoms. The van der Waals surface area contributed by atoms with Crippen LogP contribution in [0.3, 0.4) is 0 Å². The van der Waals surface area contributed by atoms with Crippen LogP contribution in [0, 0.1) is 5.92 Å². The molecular formula is C18H23NO5. The zero-order chi connectivity index (χ0) is 17.1. The second-order valence-electron chi connectivity index (χ2n) is 6.49. The summed E-state index contributed by atoms with van der Waals surface area (Å²) < 4.78 is 15.7. The van der Waals surface area contributed by atoms with Crippen LogP contribution in [0.5, 0.6) is 11.5 Å². The molecule has 130 valence electrons. The highest BCUT2D eigenvalue weighted by molar-refractivity contribution is 5.93. The molecule has 1 fully saturated rings. The molecule has 0 radical (unpaired) electrons. The number of rotatable bonds is 4. The van der Waals surface area contributed by atoms with E-state index < -0.39 is 12.1 Å². The van der Waals surface area contributed by atoms with Crippen LogP contribution in [0.1, 0.15) is 49.9 Å². The summed E-state index contributed by atoms with van der Waals surface area (Å²) in [5.74, 6) is 0.774. The number of amides is 1. The van der Waals surface area contributed by atoms with Crippen molar-refractivity contribution in [3.63, 3.8) is 0 Å². The third-order valence-corrected chi connectivity index (χ3v) is 4.70. The van der Waals surface area contributed by atoms with E-state index in [-0.39, 0.29) is 18.7 Å². The van der Waals surface area contributed by atoms with Crippen molar-refractivity contribution in [2.24, 2.45) is 5.92 Å². The number of benzene rings is 1. The van der Waals surface area contributed by atoms with E-state index in [1.807, 2.05) is 0 Å². The van der Waals surface area contributed by atoms with E-state index in [1.54, 1.807) is 25.1 Å². The number of fused-ring (bicyclic) bond motifs is 1. The fourth-order valence-corrected chi connectivity index (χ4v) is 3.14. The van der Waals surface area contributed by atoms with Crippen LogP contribution < -0.4 is 14.8 Å². The highest BCUT2D eigenvalue weighted by Gasteiger charge is 2.27. The number of hydrogen-bond donors (Lipinski definition) is 1. The van der Waals surface area contributed by atoms with Gasteiger partial charge in [0.15, 0.2) is 17.6 Å². The summed E-state index contributed by atoms with van der Waals surface area (Å²) in [6.07, 6.45) is 3.60. The molecule has 0 unspecified atom stereocenters. The first-order valence-electron chi connectivity index (χ1n) is 8.45. The van der Waals surface area contributed by atoms with E-state index in [0.29, 0.717) is 23.0 Å². The summed E-state index contributed by atoms with van der Waals surface area (Å²) in [5, 5.41) is 3.01. The summed E-state index contributed by atoms with van der Waals surface area (Å²) in [6, 6.07) is 4.99. The Morgan fingerprint density at radius 3 is 2.75 bits per heavy atom. The Morgan fingerprint density at radius 1 is 1.21 bits per heavy atom. The lowest BCUT2D eigenvalue weighted by Crippen LogP contribution is -2.45. The van der Waals surface area contributed by atoms with E-state index in [2.05, 4.69) is 12.2 Å². The van der Waals surface area contributed by atoms with Crippen molar-refractivity contribution in [2.45, 2.75) is 51.7 Å². The molecule has 0 bridgehead atoms. The number of hydrogen-bond acceptors (Lipinski definition) is 5. The first-order chi connectivity index (χ1) is 11.5. The molecule has 24 heavy (non-hydrogen) atoms. The lowest BCUT2D eigenvalue weighted by atomic mass is 9.86. The monoisotopic (exact) mass is 333 g/mol. The third kappa shape index (κ3) is 3.63. The highest BCUT2D eigenvalue weighted by atomic mass is 16.7. The Bertz CT molecular complexity index is 630. The van der Waals surface area contributed by atoms with E-state index >= 15 is 0 Å². The molecule has 1 aliphatic carbocycles. The Balaban J connectivity index is 1.56. The molecule has 6 nitrogen and oxygen atoms in total. The number of carbonyl (C=O) groups excluding carboxylic acids is 2. The molecule has 3 atom stereocenters. The molecule has 1 aliphatic heterocycles. The first kappa shape index (κ1) is 16.6. The number of esters is 1. The van der Waals surface area contributed by atoms with Crippen molar-refractivity contribution in [2.75, 3.05) is 6.79 Å². The second kappa shape index (κ2) is 7.11. The van der Waals surface area contributed by atoms with E-state index in [1.165, 1.54) is 6.42 Å². The summed E-state index contributed by atoms with van der Waals surface area (Å²) in [5.41, 5.74) is 0.338. The number of ether oxygens (including phenoxy) is 3. The van der Waals surface area contributed by atoms with Crippen LogP contribution in [-0.2, 0) is 9.53 Å². The van der Waals surface area contributed by atoms with Crippen LogP contribution in [0.25, 0.3) is 0 Å². The predicted octanol–water partition coefficient (Wildman–Crippen LogP) is 2.66. The summed E-state index contributed by atoms with van der Waals surface area (Å²) in [6.45, 7) is 3.88. The lowest BCUT2D eigenvalue weighted by Gasteiger charge is -2.30. The standard InChI is InChI=1S/C18H23NO5/c1-11-5-3-4-6-14(11)19-17(20)12(2)24-18(21)13-7-8-15-16(9-13)23-10-22-15/h7-9,11-12,14H,3-6,10H2,1-2H3,(H,19,20)/t11-,12-,14-/m1/s1. The molecule has 2 aliphatic rings. The topological polar surface area (TPSA) is 73.9 Å². The van der Waals surface area contributed by atoms with E-state index in [0.717, 1.165) is 19.3 Å². The number of carbonyl (C=O) groups is 2. The van der Waals surface area contributed by atoms with Gasteiger partial charge in [-0.15, -0.1) is 0 Å². The molecule has 1 amide bonds. The zero-order valence-corrected chi connectivity index (χ0v) is 14.0. The summed E-state index contributed by atoms with van der Waals surface area (Å²) in [7, 11) is 0. The Hall–Kier alpha value is -2.24. The largest absolute Gasteiger partial charge is 0.454 e. The molecule has 1 aromatic carbocycles. The van der Waals surface area contributed by atoms with Gasteiger partial charge in [0.1, 0.15) is 0 Å². The van der Waals surface area contributed by atoms with Crippen molar-refractivity contribution in [3.05, 3.63) is 23.8 Å². The van der Waals surface area contributed by atoms with Gasteiger partial charge in [0.05, 0.1) is 5.56 Å². The van der Waals surface area contributed by atoms with Gasteiger partial charge >= 0.3 is 5.97 Å². The molecule has 0 aromatic heterocycles. The summed E-state index contributed by atoms with van der Waals surface area (Å²) >= 11 is 0. The molecule has 1 aromatic rings. The number of nitrogens with one attached hydrogen (secondary N) is 1. The molecule has 1 saturated carbocycles. The average molecular weight is 333 g/mol. The van der Waals surface area contributed by atoms with Crippen LogP contribution in [0.2, 0.25) is 0 Å². The van der Waals surface area contributed by atoms with Gasteiger partial charge in [-0.3, -0.25) is 4.79 Å². The third-order valence-electron chi connectivity index (χ3n) is 4.70. The quantitative estimate of drug-likeness (QED) is 0.858. The Labute approximate surface area is 141 Å². The molecule has 0 spiro atoms. The maximum Gasteiger partial charge on any atom is 0.339 e. The minimum absolute atomic E-state index is 0.145. The van der Waals surface area contributed by atoms with Crippen LogP contribution >= 0.6 is 0 Å². The van der Waals surface area contributed by atoms with Gasteiger partial charge in [0.25, 0.3) is 5.91 Å². The van der Waals surface area contributed by atoms with Gasteiger partial charge in [-0.25, -0.2) is 4.79 Å².